The number of rotatable bonds is 58. The van der Waals surface area contributed by atoms with Crippen LogP contribution in [0.4, 0.5) is 0 Å². The first kappa shape index (κ1) is 92.0. The molecule has 0 bridgehead atoms. The fourth-order valence-electron chi connectivity index (χ4n) is 11.9. The third-order valence-electron chi connectivity index (χ3n) is 17.9. The van der Waals surface area contributed by atoms with Gasteiger partial charge >= 0.3 is 29.8 Å². The molecule has 2 aliphatic heterocycles. The molecule has 606 valence electrons. The smallest absolute Gasteiger partial charge is 0.338 e. The average Bonchev–Trinajstić information content (AvgIpc) is 0.780. The van der Waals surface area contributed by atoms with E-state index in [4.69, 9.17) is 85.3 Å². The van der Waals surface area contributed by atoms with Crippen molar-refractivity contribution in [3.8, 4) is 0 Å². The van der Waals surface area contributed by atoms with Crippen LogP contribution in [-0.4, -0.2) is 235 Å². The second-order valence-electron chi connectivity index (χ2n) is 26.8. The maximum absolute atomic E-state index is 14.8. The van der Waals surface area contributed by atoms with Crippen molar-refractivity contribution < 1.29 is 125 Å². The van der Waals surface area contributed by atoms with Gasteiger partial charge in [-0.15, -0.1) is 0 Å². The molecular formula is C81H126O26. The quantitative estimate of drug-likeness (QED) is 0.0205. The Balaban J connectivity index is 1.71. The number of aliphatic hydroxyl groups is 3. The van der Waals surface area contributed by atoms with Gasteiger partial charge in [0.2, 0.25) is 0 Å². The van der Waals surface area contributed by atoms with Crippen LogP contribution in [0.3, 0.4) is 0 Å². The summed E-state index contributed by atoms with van der Waals surface area (Å²) in [6, 6.07) is 23.7. The summed E-state index contributed by atoms with van der Waals surface area (Å²) >= 11 is 0. The van der Waals surface area contributed by atoms with Crippen molar-refractivity contribution in [3.63, 3.8) is 0 Å². The summed E-state index contributed by atoms with van der Waals surface area (Å²) in [5, 5.41) is 37.7. The number of hydrogen-bond donors (Lipinski definition) is 3. The fourth-order valence-corrected chi connectivity index (χ4v) is 11.9. The number of carbonyl (C=O) groups is 5. The van der Waals surface area contributed by atoms with E-state index >= 15 is 0 Å². The van der Waals surface area contributed by atoms with Crippen molar-refractivity contribution in [2.24, 2.45) is 0 Å². The molecule has 0 spiro atoms. The van der Waals surface area contributed by atoms with E-state index in [-0.39, 0.29) is 62.8 Å². The van der Waals surface area contributed by atoms with Gasteiger partial charge in [-0.05, 0) is 101 Å². The second-order valence-corrected chi connectivity index (χ2v) is 26.8. The minimum atomic E-state index is -2.04. The first-order valence-corrected chi connectivity index (χ1v) is 39.2. The summed E-state index contributed by atoms with van der Waals surface area (Å²) in [5.74, 6) is -4.43. The van der Waals surface area contributed by atoms with E-state index in [2.05, 4.69) is 13.8 Å². The summed E-state index contributed by atoms with van der Waals surface area (Å²) in [7, 11) is 0. The summed E-state index contributed by atoms with van der Waals surface area (Å²) in [5.41, 5.74) is 0.137. The van der Waals surface area contributed by atoms with Crippen LogP contribution in [0, 0.1) is 0 Å². The zero-order valence-corrected chi connectivity index (χ0v) is 65.0. The fraction of sp³-hybridized carbons (Fsp3) is 0.716. The predicted molar refractivity (Wildman–Crippen MR) is 395 cm³/mol. The predicted octanol–water partition coefficient (Wildman–Crippen LogP) is 11.5. The van der Waals surface area contributed by atoms with E-state index in [1.165, 1.54) is 50.2 Å². The normalized spacial score (nSPS) is 22.5. The molecule has 5 rings (SSSR count). The summed E-state index contributed by atoms with van der Waals surface area (Å²) < 4.78 is 116. The molecule has 0 radical (unpaired) electrons. The van der Waals surface area contributed by atoms with E-state index in [9.17, 15) is 39.3 Å². The number of ether oxygens (including phenoxy) is 18. The monoisotopic (exact) mass is 1510 g/mol. The lowest BCUT2D eigenvalue weighted by atomic mass is 9.96. The Morgan fingerprint density at radius 3 is 1.18 bits per heavy atom. The third kappa shape index (κ3) is 32.7. The molecule has 3 N–H and O–H groups in total. The van der Waals surface area contributed by atoms with Gasteiger partial charge in [0.15, 0.2) is 55.7 Å². The first-order valence-electron chi connectivity index (χ1n) is 39.2. The van der Waals surface area contributed by atoms with Gasteiger partial charge in [-0.3, -0.25) is 9.59 Å². The maximum atomic E-state index is 14.8. The van der Waals surface area contributed by atoms with E-state index < -0.39 is 154 Å². The highest BCUT2D eigenvalue weighted by molar-refractivity contribution is 5.91. The summed E-state index contributed by atoms with van der Waals surface area (Å²) in [4.78, 5) is 70.9. The molecule has 2 saturated heterocycles. The molecule has 26 heteroatoms. The van der Waals surface area contributed by atoms with Crippen LogP contribution in [0.1, 0.15) is 216 Å². The lowest BCUT2D eigenvalue weighted by Crippen LogP contribution is -2.65. The Labute approximate surface area is 634 Å². The van der Waals surface area contributed by atoms with Crippen molar-refractivity contribution in [1.29, 1.82) is 0 Å². The number of carbonyl (C=O) groups excluding carboxylic acids is 5. The molecule has 0 aliphatic carbocycles. The van der Waals surface area contributed by atoms with Gasteiger partial charge in [-0.2, -0.15) is 0 Å². The van der Waals surface area contributed by atoms with Gasteiger partial charge < -0.3 is 101 Å². The molecule has 0 saturated carbocycles. The summed E-state index contributed by atoms with van der Waals surface area (Å²) in [6.07, 6.45) is -15.4. The lowest BCUT2D eigenvalue weighted by Gasteiger charge is -2.47. The van der Waals surface area contributed by atoms with Crippen LogP contribution in [0.15, 0.2) is 91.0 Å². The van der Waals surface area contributed by atoms with Crippen LogP contribution in [0.2, 0.25) is 0 Å². The van der Waals surface area contributed by atoms with Gasteiger partial charge in [0.05, 0.1) is 42.1 Å². The van der Waals surface area contributed by atoms with Crippen LogP contribution in [0.25, 0.3) is 0 Å². The minimum absolute atomic E-state index is 0.0390. The van der Waals surface area contributed by atoms with Crippen molar-refractivity contribution in [3.05, 3.63) is 108 Å². The zero-order chi connectivity index (χ0) is 77.6. The molecule has 6 unspecified atom stereocenters. The first-order chi connectivity index (χ1) is 52.0. The van der Waals surface area contributed by atoms with Crippen LogP contribution < -0.4 is 0 Å². The van der Waals surface area contributed by atoms with Gasteiger partial charge in [0.25, 0.3) is 0 Å². The van der Waals surface area contributed by atoms with Gasteiger partial charge in [0.1, 0.15) is 42.7 Å². The molecule has 26 nitrogen and oxygen atoms in total. The Morgan fingerprint density at radius 2 is 0.748 bits per heavy atom. The Bertz CT molecular complexity index is 2820. The minimum Gasteiger partial charge on any atom is -0.454 e. The molecule has 0 aromatic heterocycles. The molecule has 3 aromatic rings. The standard InChI is InChI=1S/C81H126O26/c1-11-19-44-90-52-42-61(92-46-21-13-3)65(94-48-23-15-5)72(100-56(9)82)78(87)98-54-64-68(104-75(84)58-36-30-27-31-37-58)70(105-76(85)59-38-32-28-33-39-59)74(107-77(86)60-40-34-29-35-41-60)81(103-64)99-55-63-67(96-50-25-17-7)69(71(79(88)102-63)97-51-26-18-8)106-80(89)73(101-57(10)83)66(95-49-24-16-6)62(93-47-22-14-4)43-53-91-45-20-12-2/h27-41,61-74,78-81,87-89H,11-26,42-55H2,1-10H3/t61-,62-,63?,64?,65?,66?,67-,68-,69?,70?,71-,72-,73-,74-,78-,79-,80-,81+/m1/s1. The highest BCUT2D eigenvalue weighted by Crippen LogP contribution is 2.36. The van der Waals surface area contributed by atoms with Crippen LogP contribution >= 0.6 is 0 Å². The number of unbranched alkanes of at least 4 members (excludes halogenated alkanes) is 8. The van der Waals surface area contributed by atoms with Crippen LogP contribution in [0.5, 0.6) is 0 Å². The molecule has 0 amide bonds. The van der Waals surface area contributed by atoms with E-state index in [1.807, 2.05) is 41.5 Å². The van der Waals surface area contributed by atoms with Gasteiger partial charge in [0, 0.05) is 79.9 Å². The second kappa shape index (κ2) is 54.1. The maximum Gasteiger partial charge on any atom is 0.338 e. The average molecular weight is 1520 g/mol. The number of hydrogen-bond acceptors (Lipinski definition) is 26. The third-order valence-corrected chi connectivity index (χ3v) is 17.9. The largest absolute Gasteiger partial charge is 0.454 e. The molecule has 2 fully saturated rings. The van der Waals surface area contributed by atoms with E-state index in [0.717, 1.165) is 51.4 Å². The van der Waals surface area contributed by atoms with E-state index in [0.29, 0.717) is 84.2 Å². The molecule has 3 aromatic carbocycles. The van der Waals surface area contributed by atoms with Crippen LogP contribution in [-0.2, 0) is 94.9 Å². The topological polar surface area (TPSA) is 312 Å². The van der Waals surface area contributed by atoms with Crippen molar-refractivity contribution >= 4 is 29.8 Å². The van der Waals surface area contributed by atoms with Crippen molar-refractivity contribution in [2.75, 3.05) is 79.3 Å². The molecule has 2 aliphatic rings. The molecule has 2 heterocycles. The Kier molecular flexibility index (Phi) is 46.5. The highest BCUT2D eigenvalue weighted by Gasteiger charge is 2.56. The Morgan fingerprint density at radius 1 is 0.374 bits per heavy atom. The number of aliphatic hydroxyl groups excluding tert-OH is 3. The highest BCUT2D eigenvalue weighted by atomic mass is 16.8. The van der Waals surface area contributed by atoms with Crippen molar-refractivity contribution in [1.82, 2.24) is 0 Å². The van der Waals surface area contributed by atoms with Gasteiger partial charge in [-0.1, -0.05) is 161 Å². The SMILES string of the molecule is CCCCOCC[C@@H](OCCCC)C(OCCCC)[C@@H](OC(C)=O)[C@H](O)OCC1O[C@H](OCC2O[C@@H](O)[C@H](OCCCC)C(O[C@@H](O)[C@H](OC(C)=O)C(OCCCC)[C@@H](CCOCCCC)OCCCC)[C@@H]2OCCCC)[C@H](OC(=O)c2ccccc2)C(OC(=O)c2ccccc2)[C@@H]1OC(=O)c1ccccc1. The molecule has 18 atom stereocenters. The number of esters is 5. The zero-order valence-electron chi connectivity index (χ0n) is 65.0. The van der Waals surface area contributed by atoms with Crippen molar-refractivity contribution in [2.45, 2.75) is 295 Å². The molecule has 107 heavy (non-hydrogen) atoms. The number of benzene rings is 3. The van der Waals surface area contributed by atoms with Gasteiger partial charge in [-0.25, -0.2) is 14.4 Å². The summed E-state index contributed by atoms with van der Waals surface area (Å²) in [6.45, 7) is 19.7. The molecular weight excluding hydrogens is 1390 g/mol. The lowest BCUT2D eigenvalue weighted by molar-refractivity contribution is -0.352. The Hall–Kier alpha value is -5.63. The van der Waals surface area contributed by atoms with E-state index in [1.54, 1.807) is 54.6 Å².